The van der Waals surface area contributed by atoms with Crippen LogP contribution >= 0.6 is 35.0 Å². The van der Waals surface area contributed by atoms with Crippen molar-refractivity contribution in [1.82, 2.24) is 0 Å². The summed E-state index contributed by atoms with van der Waals surface area (Å²) in [6.45, 7) is 0. The van der Waals surface area contributed by atoms with Crippen molar-refractivity contribution < 1.29 is 9.59 Å². The normalized spacial score (nSPS) is 13.9. The number of nitrogens with one attached hydrogen (secondary N) is 1. The molecule has 0 saturated heterocycles. The van der Waals surface area contributed by atoms with E-state index < -0.39 is 11.8 Å². The molecule has 2 amide bonds. The third-order valence-corrected chi connectivity index (χ3v) is 6.04. The van der Waals surface area contributed by atoms with Gasteiger partial charge in [0.15, 0.2) is 0 Å². The van der Waals surface area contributed by atoms with E-state index in [4.69, 9.17) is 23.2 Å². The topological polar surface area (TPSA) is 49.4 Å². The van der Waals surface area contributed by atoms with Gasteiger partial charge >= 0.3 is 0 Å². The molecule has 0 unspecified atom stereocenters. The summed E-state index contributed by atoms with van der Waals surface area (Å²) < 4.78 is 0. The van der Waals surface area contributed by atoms with E-state index in [9.17, 15) is 9.59 Å². The van der Waals surface area contributed by atoms with Gasteiger partial charge in [0.05, 0.1) is 15.7 Å². The fourth-order valence-electron chi connectivity index (χ4n) is 2.85. The molecule has 0 bridgehead atoms. The van der Waals surface area contributed by atoms with Gasteiger partial charge in [0.2, 0.25) is 0 Å². The third-order valence-electron chi connectivity index (χ3n) is 4.21. The third kappa shape index (κ3) is 4.03. The Labute approximate surface area is 182 Å². The van der Waals surface area contributed by atoms with Crippen molar-refractivity contribution in [2.24, 2.45) is 0 Å². The maximum Gasteiger partial charge on any atom is 0.283 e. The summed E-state index contributed by atoms with van der Waals surface area (Å²) in [4.78, 5) is 28.7. The summed E-state index contributed by atoms with van der Waals surface area (Å²) in [5.74, 6) is -0.864. The Hall–Kier alpha value is -2.73. The van der Waals surface area contributed by atoms with E-state index in [0.29, 0.717) is 21.3 Å². The first kappa shape index (κ1) is 19.6. The molecule has 1 aliphatic heterocycles. The van der Waals surface area contributed by atoms with Gasteiger partial charge < -0.3 is 5.32 Å². The zero-order valence-corrected chi connectivity index (χ0v) is 17.3. The van der Waals surface area contributed by atoms with Gasteiger partial charge in [-0.05, 0) is 42.5 Å². The predicted octanol–water partition coefficient (Wildman–Crippen LogP) is 5.98. The molecule has 4 rings (SSSR count). The zero-order chi connectivity index (χ0) is 20.4. The molecule has 1 N–H and O–H groups in total. The number of para-hydroxylation sites is 1. The number of hydrogen-bond donors (Lipinski definition) is 1. The summed E-state index contributed by atoms with van der Waals surface area (Å²) >= 11 is 13.3. The van der Waals surface area contributed by atoms with E-state index in [0.717, 1.165) is 9.80 Å². The van der Waals surface area contributed by atoms with E-state index in [-0.39, 0.29) is 10.7 Å². The molecule has 0 atom stereocenters. The largest absolute Gasteiger partial charge is 0.350 e. The van der Waals surface area contributed by atoms with Crippen molar-refractivity contribution >= 4 is 58.2 Å². The van der Waals surface area contributed by atoms with Crippen molar-refractivity contribution in [2.45, 2.75) is 4.90 Å². The summed E-state index contributed by atoms with van der Waals surface area (Å²) in [6, 6.07) is 23.3. The van der Waals surface area contributed by atoms with E-state index in [1.807, 2.05) is 60.7 Å². The highest BCUT2D eigenvalue weighted by atomic mass is 35.5. The van der Waals surface area contributed by atoms with E-state index in [2.05, 4.69) is 5.32 Å². The van der Waals surface area contributed by atoms with Crippen molar-refractivity contribution in [3.63, 3.8) is 0 Å². The van der Waals surface area contributed by atoms with Gasteiger partial charge in [-0.15, -0.1) is 0 Å². The number of thioether (sulfide) groups is 1. The van der Waals surface area contributed by atoms with Crippen LogP contribution in [-0.2, 0) is 9.59 Å². The van der Waals surface area contributed by atoms with Gasteiger partial charge in [-0.3, -0.25) is 9.59 Å². The number of halogens is 2. The van der Waals surface area contributed by atoms with E-state index >= 15 is 0 Å². The van der Waals surface area contributed by atoms with Crippen LogP contribution < -0.4 is 10.2 Å². The van der Waals surface area contributed by atoms with Gasteiger partial charge in [0.25, 0.3) is 11.8 Å². The summed E-state index contributed by atoms with van der Waals surface area (Å²) in [7, 11) is 0. The molecule has 29 heavy (non-hydrogen) atoms. The molecule has 0 aromatic heterocycles. The molecular formula is C22H14Cl2N2O2S. The lowest BCUT2D eigenvalue weighted by atomic mass is 10.3. The first-order valence-electron chi connectivity index (χ1n) is 8.67. The monoisotopic (exact) mass is 440 g/mol. The summed E-state index contributed by atoms with van der Waals surface area (Å²) in [5, 5.41) is 3.73. The van der Waals surface area contributed by atoms with Crippen LogP contribution in [0, 0.1) is 0 Å². The number of amides is 2. The van der Waals surface area contributed by atoms with Gasteiger partial charge in [0, 0.05) is 10.6 Å². The molecule has 4 nitrogen and oxygen atoms in total. The Morgan fingerprint density at radius 2 is 1.41 bits per heavy atom. The minimum absolute atomic E-state index is 0.223. The van der Waals surface area contributed by atoms with Gasteiger partial charge in [0.1, 0.15) is 10.6 Å². The molecule has 0 saturated carbocycles. The lowest BCUT2D eigenvalue weighted by Gasteiger charge is -2.16. The number of hydrogen-bond acceptors (Lipinski definition) is 4. The second-order valence-electron chi connectivity index (χ2n) is 6.15. The number of benzene rings is 3. The maximum atomic E-state index is 13.2. The lowest BCUT2D eigenvalue weighted by Crippen LogP contribution is -2.32. The van der Waals surface area contributed by atoms with Crippen LogP contribution in [0.3, 0.4) is 0 Å². The van der Waals surface area contributed by atoms with Crippen LogP contribution in [0.25, 0.3) is 0 Å². The Morgan fingerprint density at radius 1 is 0.759 bits per heavy atom. The predicted molar refractivity (Wildman–Crippen MR) is 118 cm³/mol. The Morgan fingerprint density at radius 3 is 2.07 bits per heavy atom. The number of carbonyl (C=O) groups is 2. The van der Waals surface area contributed by atoms with Crippen LogP contribution in [0.2, 0.25) is 10.0 Å². The number of rotatable bonds is 5. The molecule has 3 aromatic rings. The average molecular weight is 441 g/mol. The average Bonchev–Trinajstić information content (AvgIpc) is 2.96. The van der Waals surface area contributed by atoms with Crippen molar-refractivity contribution in [2.75, 3.05) is 10.2 Å². The van der Waals surface area contributed by atoms with Crippen LogP contribution in [-0.4, -0.2) is 11.8 Å². The van der Waals surface area contributed by atoms with Crippen molar-refractivity contribution in [1.29, 1.82) is 0 Å². The van der Waals surface area contributed by atoms with Crippen LogP contribution in [0.4, 0.5) is 11.4 Å². The molecule has 1 aliphatic rings. The fraction of sp³-hybridized carbons (Fsp3) is 0. The highest BCUT2D eigenvalue weighted by Gasteiger charge is 2.40. The highest BCUT2D eigenvalue weighted by molar-refractivity contribution is 8.04. The lowest BCUT2D eigenvalue weighted by molar-refractivity contribution is -0.120. The molecule has 0 radical (unpaired) electrons. The molecule has 1 heterocycles. The van der Waals surface area contributed by atoms with Crippen molar-refractivity contribution in [3.8, 4) is 0 Å². The molecule has 3 aromatic carbocycles. The Bertz CT molecular complexity index is 1050. The SMILES string of the molecule is O=C1C(Nc2ccccc2)=C(Sc2ccccc2)C(=O)N1c1ccc(Cl)c(Cl)c1. The molecule has 0 spiro atoms. The second-order valence-corrected chi connectivity index (χ2v) is 8.05. The molecular weight excluding hydrogens is 427 g/mol. The van der Waals surface area contributed by atoms with Gasteiger partial charge in [-0.2, -0.15) is 0 Å². The number of carbonyl (C=O) groups excluding carboxylic acids is 2. The molecule has 7 heteroatoms. The molecule has 0 aliphatic carbocycles. The second kappa shape index (κ2) is 8.33. The minimum Gasteiger partial charge on any atom is -0.350 e. The zero-order valence-electron chi connectivity index (χ0n) is 14.9. The number of nitrogens with zero attached hydrogens (tertiary/aromatic N) is 1. The molecule has 144 valence electrons. The summed E-state index contributed by atoms with van der Waals surface area (Å²) in [6.07, 6.45) is 0. The number of imide groups is 1. The summed E-state index contributed by atoms with van der Waals surface area (Å²) in [5.41, 5.74) is 1.30. The van der Waals surface area contributed by atoms with Gasteiger partial charge in [-0.1, -0.05) is 71.4 Å². The first-order valence-corrected chi connectivity index (χ1v) is 10.2. The molecule has 0 fully saturated rings. The number of anilines is 2. The highest BCUT2D eigenvalue weighted by Crippen LogP contribution is 2.39. The smallest absolute Gasteiger partial charge is 0.283 e. The minimum atomic E-state index is -0.448. The first-order chi connectivity index (χ1) is 14.0. The van der Waals surface area contributed by atoms with Crippen LogP contribution in [0.15, 0.2) is 94.4 Å². The van der Waals surface area contributed by atoms with E-state index in [1.54, 1.807) is 12.1 Å². The van der Waals surface area contributed by atoms with Crippen molar-refractivity contribution in [3.05, 3.63) is 99.5 Å². The van der Waals surface area contributed by atoms with Crippen LogP contribution in [0.1, 0.15) is 0 Å². The van der Waals surface area contributed by atoms with Gasteiger partial charge in [-0.25, -0.2) is 4.90 Å². The maximum absolute atomic E-state index is 13.2. The standard InChI is InChI=1S/C22H14Cl2N2O2S/c23-17-12-11-15(13-18(17)24)26-21(27)19(25-14-7-3-1-4-8-14)20(22(26)28)29-16-9-5-2-6-10-16/h1-13,25H. The Balaban J connectivity index is 1.75. The quantitative estimate of drug-likeness (QED) is 0.495. The van der Waals surface area contributed by atoms with Crippen LogP contribution in [0.5, 0.6) is 0 Å². The Kier molecular flexibility index (Phi) is 5.62. The fourth-order valence-corrected chi connectivity index (χ4v) is 4.09. The van der Waals surface area contributed by atoms with E-state index in [1.165, 1.54) is 17.8 Å².